The lowest BCUT2D eigenvalue weighted by Gasteiger charge is -2.39. The number of hydrogen-bond donors (Lipinski definition) is 0. The van der Waals surface area contributed by atoms with Crippen molar-refractivity contribution in [2.75, 3.05) is 26.2 Å². The number of carbonyl (C=O) groups excluding carboxylic acids is 1. The Kier molecular flexibility index (Phi) is 3.68. The van der Waals surface area contributed by atoms with Crippen LogP contribution in [-0.4, -0.2) is 47.9 Å². The van der Waals surface area contributed by atoms with Gasteiger partial charge >= 0.3 is 0 Å². The third kappa shape index (κ3) is 2.55. The van der Waals surface area contributed by atoms with Gasteiger partial charge in [-0.05, 0) is 42.6 Å². The van der Waals surface area contributed by atoms with Crippen LogP contribution in [0.3, 0.4) is 0 Å². The molecule has 0 spiro atoms. The molecule has 2 aromatic carbocycles. The van der Waals surface area contributed by atoms with E-state index in [1.807, 2.05) is 24.3 Å². The second-order valence-electron chi connectivity index (χ2n) is 6.47. The molecule has 0 amide bonds. The van der Waals surface area contributed by atoms with Gasteiger partial charge in [-0.15, -0.1) is 0 Å². The lowest BCUT2D eigenvalue weighted by atomic mass is 10.0. The Hall–Kier alpha value is -1.71. The first kappa shape index (κ1) is 13.9. The van der Waals surface area contributed by atoms with Crippen LogP contribution in [0.1, 0.15) is 29.6 Å². The molecular formula is C19H22N2O. The van der Waals surface area contributed by atoms with E-state index in [1.54, 1.807) is 0 Å². The Morgan fingerprint density at radius 3 is 2.73 bits per heavy atom. The van der Waals surface area contributed by atoms with Gasteiger partial charge < -0.3 is 0 Å². The van der Waals surface area contributed by atoms with Crippen molar-refractivity contribution >= 4 is 16.6 Å². The van der Waals surface area contributed by atoms with Crippen LogP contribution >= 0.6 is 0 Å². The smallest absolute Gasteiger partial charge is 0.176 e. The Morgan fingerprint density at radius 1 is 1.00 bits per heavy atom. The summed E-state index contributed by atoms with van der Waals surface area (Å²) in [7, 11) is 0. The zero-order valence-corrected chi connectivity index (χ0v) is 12.9. The topological polar surface area (TPSA) is 23.6 Å². The second-order valence-corrected chi connectivity index (χ2v) is 6.47. The molecule has 0 saturated carbocycles. The lowest BCUT2D eigenvalue weighted by molar-refractivity contribution is 0.0338. The maximum atomic E-state index is 12.7. The molecule has 2 saturated heterocycles. The zero-order chi connectivity index (χ0) is 14.9. The molecule has 2 fully saturated rings. The van der Waals surface area contributed by atoms with Gasteiger partial charge in [0.1, 0.15) is 0 Å². The van der Waals surface area contributed by atoms with Crippen LogP contribution < -0.4 is 0 Å². The number of benzene rings is 2. The van der Waals surface area contributed by atoms with E-state index in [4.69, 9.17) is 0 Å². The van der Waals surface area contributed by atoms with Gasteiger partial charge in [0.15, 0.2) is 5.78 Å². The molecule has 0 aromatic heterocycles. The van der Waals surface area contributed by atoms with Gasteiger partial charge in [0, 0.05) is 18.7 Å². The van der Waals surface area contributed by atoms with E-state index in [9.17, 15) is 4.79 Å². The maximum Gasteiger partial charge on any atom is 0.176 e. The third-order valence-electron chi connectivity index (χ3n) is 5.06. The van der Waals surface area contributed by atoms with Crippen molar-refractivity contribution in [3.05, 3.63) is 48.0 Å². The van der Waals surface area contributed by atoms with Crippen LogP contribution in [-0.2, 0) is 0 Å². The molecule has 2 heterocycles. The third-order valence-corrected chi connectivity index (χ3v) is 5.06. The summed E-state index contributed by atoms with van der Waals surface area (Å²) in [6, 6.07) is 14.3. The highest BCUT2D eigenvalue weighted by Crippen LogP contribution is 2.25. The number of ketones is 1. The SMILES string of the molecule is O=C(CN1CCCN2CCCC21)c1ccc2ccccc2c1. The highest BCUT2D eigenvalue weighted by molar-refractivity contribution is 6.01. The first-order valence-electron chi connectivity index (χ1n) is 8.31. The minimum atomic E-state index is 0.250. The number of fused-ring (bicyclic) bond motifs is 2. The normalized spacial score (nSPS) is 22.8. The molecule has 2 aliphatic heterocycles. The summed E-state index contributed by atoms with van der Waals surface area (Å²) in [4.78, 5) is 17.6. The summed E-state index contributed by atoms with van der Waals surface area (Å²) in [6.45, 7) is 4.01. The van der Waals surface area contributed by atoms with Crippen molar-refractivity contribution in [3.8, 4) is 0 Å². The molecule has 1 unspecified atom stereocenters. The molecular weight excluding hydrogens is 272 g/mol. The minimum Gasteiger partial charge on any atom is -0.293 e. The van der Waals surface area contributed by atoms with Gasteiger partial charge in [-0.2, -0.15) is 0 Å². The maximum absolute atomic E-state index is 12.7. The number of Topliss-reactive ketones (excluding diaryl/α,β-unsaturated/α-hetero) is 1. The van der Waals surface area contributed by atoms with Crippen molar-refractivity contribution in [2.45, 2.75) is 25.4 Å². The van der Waals surface area contributed by atoms with E-state index >= 15 is 0 Å². The number of carbonyl (C=O) groups is 1. The number of hydrogen-bond acceptors (Lipinski definition) is 3. The Morgan fingerprint density at radius 2 is 1.82 bits per heavy atom. The van der Waals surface area contributed by atoms with Crippen molar-refractivity contribution < 1.29 is 4.79 Å². The predicted molar refractivity (Wildman–Crippen MR) is 89.1 cm³/mol. The molecule has 2 aliphatic rings. The Bertz CT molecular complexity index is 697. The molecule has 2 aromatic rings. The fourth-order valence-corrected chi connectivity index (χ4v) is 3.93. The summed E-state index contributed by atoms with van der Waals surface area (Å²) < 4.78 is 0. The first-order valence-corrected chi connectivity index (χ1v) is 8.31. The average Bonchev–Trinajstić information content (AvgIpc) is 3.04. The molecule has 3 heteroatoms. The van der Waals surface area contributed by atoms with Crippen molar-refractivity contribution in [3.63, 3.8) is 0 Å². The standard InChI is InChI=1S/C19H22N2O/c22-18(14-21-12-4-11-20-10-3-7-19(20)21)17-9-8-15-5-1-2-6-16(15)13-17/h1-2,5-6,8-9,13,19H,3-4,7,10-12,14H2. The van der Waals surface area contributed by atoms with Crippen molar-refractivity contribution in [2.24, 2.45) is 0 Å². The second kappa shape index (κ2) is 5.82. The molecule has 0 radical (unpaired) electrons. The van der Waals surface area contributed by atoms with E-state index < -0.39 is 0 Å². The van der Waals surface area contributed by atoms with E-state index in [1.165, 1.54) is 37.7 Å². The molecule has 114 valence electrons. The largest absolute Gasteiger partial charge is 0.293 e. The molecule has 4 rings (SSSR count). The van der Waals surface area contributed by atoms with Crippen molar-refractivity contribution in [1.29, 1.82) is 0 Å². The fraction of sp³-hybridized carbons (Fsp3) is 0.421. The van der Waals surface area contributed by atoms with Gasteiger partial charge in [0.2, 0.25) is 0 Å². The fourth-order valence-electron chi connectivity index (χ4n) is 3.93. The summed E-state index contributed by atoms with van der Waals surface area (Å²) in [6.07, 6.45) is 4.16. The quantitative estimate of drug-likeness (QED) is 0.813. The van der Waals surface area contributed by atoms with E-state index in [0.29, 0.717) is 12.7 Å². The molecule has 22 heavy (non-hydrogen) atoms. The predicted octanol–water partition coefficient (Wildman–Crippen LogP) is 3.15. The molecule has 1 atom stereocenters. The molecule has 3 nitrogen and oxygen atoms in total. The van der Waals surface area contributed by atoms with E-state index in [2.05, 4.69) is 28.0 Å². The van der Waals surface area contributed by atoms with Crippen LogP contribution in [0.25, 0.3) is 10.8 Å². The number of rotatable bonds is 3. The summed E-state index contributed by atoms with van der Waals surface area (Å²) in [5.41, 5.74) is 0.842. The monoisotopic (exact) mass is 294 g/mol. The van der Waals surface area contributed by atoms with Gasteiger partial charge in [0.25, 0.3) is 0 Å². The summed E-state index contributed by atoms with van der Waals surface area (Å²) >= 11 is 0. The molecule has 0 aliphatic carbocycles. The highest BCUT2D eigenvalue weighted by atomic mass is 16.1. The summed E-state index contributed by atoms with van der Waals surface area (Å²) in [5, 5.41) is 2.34. The van der Waals surface area contributed by atoms with Crippen LogP contribution in [0.5, 0.6) is 0 Å². The molecule has 0 N–H and O–H groups in total. The number of nitrogens with zero attached hydrogens (tertiary/aromatic N) is 2. The van der Waals surface area contributed by atoms with Crippen LogP contribution in [0, 0.1) is 0 Å². The van der Waals surface area contributed by atoms with E-state index in [-0.39, 0.29) is 5.78 Å². The van der Waals surface area contributed by atoms with Gasteiger partial charge in [-0.1, -0.05) is 36.4 Å². The summed E-state index contributed by atoms with van der Waals surface area (Å²) in [5.74, 6) is 0.250. The minimum absolute atomic E-state index is 0.250. The van der Waals surface area contributed by atoms with Crippen molar-refractivity contribution in [1.82, 2.24) is 9.80 Å². The van der Waals surface area contributed by atoms with Crippen LogP contribution in [0.4, 0.5) is 0 Å². The van der Waals surface area contributed by atoms with Gasteiger partial charge in [-0.25, -0.2) is 0 Å². The average molecular weight is 294 g/mol. The van der Waals surface area contributed by atoms with Crippen LogP contribution in [0.2, 0.25) is 0 Å². The van der Waals surface area contributed by atoms with Crippen LogP contribution in [0.15, 0.2) is 42.5 Å². The lowest BCUT2D eigenvalue weighted by Crippen LogP contribution is -2.51. The highest BCUT2D eigenvalue weighted by Gasteiger charge is 2.33. The zero-order valence-electron chi connectivity index (χ0n) is 12.9. The first-order chi connectivity index (χ1) is 10.8. The Balaban J connectivity index is 1.53. The van der Waals surface area contributed by atoms with Gasteiger partial charge in [0.05, 0.1) is 12.7 Å². The molecule has 0 bridgehead atoms. The van der Waals surface area contributed by atoms with Gasteiger partial charge in [-0.3, -0.25) is 14.6 Å². The van der Waals surface area contributed by atoms with E-state index in [0.717, 1.165) is 17.5 Å². The Labute approximate surface area is 131 Å².